The Morgan fingerprint density at radius 3 is 2.09 bits per heavy atom. The van der Waals surface area contributed by atoms with Crippen LogP contribution in [-0.2, 0) is 14.3 Å². The number of ether oxygens (including phenoxy) is 1. The summed E-state index contributed by atoms with van der Waals surface area (Å²) < 4.78 is 5.51. The molecule has 176 valence electrons. The van der Waals surface area contributed by atoms with Gasteiger partial charge in [-0.05, 0) is 34.6 Å². The van der Waals surface area contributed by atoms with Crippen molar-refractivity contribution in [2.24, 2.45) is 11.8 Å². The molecule has 0 saturated carbocycles. The second-order valence-electron chi connectivity index (χ2n) is 8.90. The summed E-state index contributed by atoms with van der Waals surface area (Å²) in [5.41, 5.74) is 4.64. The summed E-state index contributed by atoms with van der Waals surface area (Å²) in [5.74, 6) is -1.52. The van der Waals surface area contributed by atoms with Gasteiger partial charge in [-0.25, -0.2) is 4.79 Å². The smallest absolute Gasteiger partial charge is 0.407 e. The molecular weight excluding hydrogens is 420 g/mol. The van der Waals surface area contributed by atoms with Gasteiger partial charge < -0.3 is 20.5 Å². The number of hydrogen-bond donors (Lipinski definition) is 3. The second kappa shape index (κ2) is 11.0. The van der Waals surface area contributed by atoms with Crippen LogP contribution in [-0.4, -0.2) is 42.3 Å². The van der Waals surface area contributed by atoms with Crippen molar-refractivity contribution < 1.29 is 24.2 Å². The van der Waals surface area contributed by atoms with Crippen LogP contribution >= 0.6 is 0 Å². The Balaban J connectivity index is 1.46. The molecule has 7 heteroatoms. The number of aliphatic carboxylic acids is 1. The Bertz CT molecular complexity index is 958. The largest absolute Gasteiger partial charge is 0.481 e. The van der Waals surface area contributed by atoms with Gasteiger partial charge in [0.25, 0.3) is 0 Å². The van der Waals surface area contributed by atoms with Crippen LogP contribution in [0.25, 0.3) is 11.1 Å². The first-order valence-corrected chi connectivity index (χ1v) is 11.4. The maximum absolute atomic E-state index is 12.4. The number of fused-ring (bicyclic) bond motifs is 3. The fraction of sp³-hybridized carbons (Fsp3) is 0.423. The van der Waals surface area contributed by atoms with Gasteiger partial charge in [0.15, 0.2) is 0 Å². The molecule has 7 nitrogen and oxygen atoms in total. The van der Waals surface area contributed by atoms with Crippen LogP contribution < -0.4 is 10.6 Å². The average molecular weight is 453 g/mol. The van der Waals surface area contributed by atoms with Crippen LogP contribution in [0.2, 0.25) is 0 Å². The first kappa shape index (κ1) is 24.3. The van der Waals surface area contributed by atoms with E-state index in [4.69, 9.17) is 9.84 Å². The van der Waals surface area contributed by atoms with E-state index in [0.29, 0.717) is 6.42 Å². The first-order valence-electron chi connectivity index (χ1n) is 11.4. The van der Waals surface area contributed by atoms with Crippen molar-refractivity contribution >= 4 is 18.0 Å². The van der Waals surface area contributed by atoms with Gasteiger partial charge in [0.2, 0.25) is 5.91 Å². The molecule has 2 amide bonds. The van der Waals surface area contributed by atoms with Gasteiger partial charge in [-0.2, -0.15) is 0 Å². The topological polar surface area (TPSA) is 105 Å². The number of carbonyl (C=O) groups is 3. The van der Waals surface area contributed by atoms with Crippen LogP contribution in [0.3, 0.4) is 0 Å². The molecule has 0 saturated heterocycles. The number of hydrogen-bond acceptors (Lipinski definition) is 4. The summed E-state index contributed by atoms with van der Waals surface area (Å²) in [4.78, 5) is 35.7. The number of carboxylic acid groups (broad SMARTS) is 1. The molecule has 3 N–H and O–H groups in total. The van der Waals surface area contributed by atoms with Crippen molar-refractivity contribution in [3.8, 4) is 11.1 Å². The highest BCUT2D eigenvalue weighted by molar-refractivity contribution is 5.80. The molecule has 0 fully saturated rings. The molecule has 0 radical (unpaired) electrons. The third-order valence-corrected chi connectivity index (χ3v) is 6.16. The number of nitrogens with one attached hydrogen (secondary N) is 2. The van der Waals surface area contributed by atoms with E-state index in [1.54, 1.807) is 6.92 Å². The third-order valence-electron chi connectivity index (χ3n) is 6.16. The molecule has 3 rings (SSSR count). The molecule has 2 aromatic carbocycles. The Kier molecular flexibility index (Phi) is 8.09. The Morgan fingerprint density at radius 1 is 0.970 bits per heavy atom. The van der Waals surface area contributed by atoms with Gasteiger partial charge in [-0.15, -0.1) is 0 Å². The van der Waals surface area contributed by atoms with Crippen molar-refractivity contribution in [3.05, 3.63) is 59.7 Å². The monoisotopic (exact) mass is 452 g/mol. The number of alkyl carbamates (subject to hydrolysis) is 1. The zero-order chi connectivity index (χ0) is 24.0. The van der Waals surface area contributed by atoms with Crippen LogP contribution in [0.5, 0.6) is 0 Å². The lowest BCUT2D eigenvalue weighted by Gasteiger charge is -2.23. The molecule has 2 unspecified atom stereocenters. The normalized spacial score (nSPS) is 14.2. The minimum absolute atomic E-state index is 0.00458. The second-order valence-corrected chi connectivity index (χ2v) is 8.90. The fourth-order valence-corrected chi connectivity index (χ4v) is 4.14. The third kappa shape index (κ3) is 6.12. The van der Waals surface area contributed by atoms with Crippen molar-refractivity contribution in [1.82, 2.24) is 10.6 Å². The van der Waals surface area contributed by atoms with Crippen molar-refractivity contribution in [2.45, 2.75) is 45.6 Å². The molecule has 0 spiro atoms. The molecule has 2 aromatic rings. The highest BCUT2D eigenvalue weighted by Crippen LogP contribution is 2.44. The average Bonchev–Trinajstić information content (AvgIpc) is 3.10. The predicted molar refractivity (Wildman–Crippen MR) is 126 cm³/mol. The fourth-order valence-electron chi connectivity index (χ4n) is 4.14. The van der Waals surface area contributed by atoms with Crippen molar-refractivity contribution in [3.63, 3.8) is 0 Å². The SMILES string of the molecule is CC(CCNC(=O)OCC1c2ccccc2-c2ccccc21)C(=O)NC(CC(=O)O)C(C)C. The summed E-state index contributed by atoms with van der Waals surface area (Å²) in [6.07, 6.45) is -0.211. The van der Waals surface area contributed by atoms with Crippen LogP contribution in [0, 0.1) is 11.8 Å². The van der Waals surface area contributed by atoms with Gasteiger partial charge in [-0.1, -0.05) is 69.3 Å². The zero-order valence-corrected chi connectivity index (χ0v) is 19.3. The zero-order valence-electron chi connectivity index (χ0n) is 19.3. The van der Waals surface area contributed by atoms with E-state index in [0.717, 1.165) is 11.1 Å². The van der Waals surface area contributed by atoms with E-state index < -0.39 is 18.1 Å². The minimum atomic E-state index is -0.946. The summed E-state index contributed by atoms with van der Waals surface area (Å²) >= 11 is 0. The summed E-state index contributed by atoms with van der Waals surface area (Å²) in [6.45, 7) is 6.03. The molecular formula is C26H32N2O5. The quantitative estimate of drug-likeness (QED) is 0.502. The predicted octanol–water partition coefficient (Wildman–Crippen LogP) is 4.17. The Labute approximate surface area is 194 Å². The lowest BCUT2D eigenvalue weighted by Crippen LogP contribution is -2.43. The molecule has 0 aliphatic heterocycles. The lowest BCUT2D eigenvalue weighted by atomic mass is 9.98. The number of carbonyl (C=O) groups excluding carboxylic acids is 2. The molecule has 0 heterocycles. The van der Waals surface area contributed by atoms with Crippen LogP contribution in [0.4, 0.5) is 4.79 Å². The van der Waals surface area contributed by atoms with Crippen molar-refractivity contribution in [2.75, 3.05) is 13.2 Å². The molecule has 2 atom stereocenters. The number of amides is 2. The Morgan fingerprint density at radius 2 is 1.55 bits per heavy atom. The maximum atomic E-state index is 12.4. The number of rotatable bonds is 10. The molecule has 0 aromatic heterocycles. The maximum Gasteiger partial charge on any atom is 0.407 e. The van der Waals surface area contributed by atoms with Gasteiger partial charge in [-0.3, -0.25) is 9.59 Å². The van der Waals surface area contributed by atoms with E-state index >= 15 is 0 Å². The summed E-state index contributed by atoms with van der Waals surface area (Å²) in [7, 11) is 0. The molecule has 0 bridgehead atoms. The number of carboxylic acids is 1. The van der Waals surface area contributed by atoms with Crippen molar-refractivity contribution in [1.29, 1.82) is 0 Å². The Hall–Kier alpha value is -3.35. The van der Waals surface area contributed by atoms with E-state index in [1.807, 2.05) is 38.1 Å². The molecule has 1 aliphatic rings. The van der Waals surface area contributed by atoms with Gasteiger partial charge >= 0.3 is 12.1 Å². The van der Waals surface area contributed by atoms with Gasteiger partial charge in [0.05, 0.1) is 6.42 Å². The summed E-state index contributed by atoms with van der Waals surface area (Å²) in [5, 5.41) is 14.5. The van der Waals surface area contributed by atoms with E-state index in [9.17, 15) is 14.4 Å². The molecule has 1 aliphatic carbocycles. The molecule has 33 heavy (non-hydrogen) atoms. The van der Waals surface area contributed by atoms with E-state index in [-0.39, 0.29) is 43.2 Å². The highest BCUT2D eigenvalue weighted by Gasteiger charge is 2.29. The highest BCUT2D eigenvalue weighted by atomic mass is 16.5. The van der Waals surface area contributed by atoms with Crippen LogP contribution in [0.15, 0.2) is 48.5 Å². The standard InChI is InChI=1S/C26H32N2O5/c1-16(2)23(14-24(29)30)28-25(31)17(3)12-13-27-26(32)33-15-22-20-10-6-4-8-18(20)19-9-5-7-11-21(19)22/h4-11,16-17,22-23H,12-15H2,1-3H3,(H,27,32)(H,28,31)(H,29,30). The summed E-state index contributed by atoms with van der Waals surface area (Å²) in [6, 6.07) is 15.9. The van der Waals surface area contributed by atoms with Crippen LogP contribution in [0.1, 0.15) is 50.7 Å². The first-order chi connectivity index (χ1) is 15.8. The lowest BCUT2D eigenvalue weighted by molar-refractivity contribution is -0.138. The van der Waals surface area contributed by atoms with Gasteiger partial charge in [0.1, 0.15) is 6.61 Å². The minimum Gasteiger partial charge on any atom is -0.481 e. The van der Waals surface area contributed by atoms with E-state index in [1.165, 1.54) is 11.1 Å². The number of benzene rings is 2. The van der Waals surface area contributed by atoms with E-state index in [2.05, 4.69) is 34.9 Å². The van der Waals surface area contributed by atoms with Gasteiger partial charge in [0, 0.05) is 24.4 Å².